The van der Waals surface area contributed by atoms with Crippen LogP contribution >= 0.6 is 0 Å². The summed E-state index contributed by atoms with van der Waals surface area (Å²) in [6, 6.07) is 17.4. The van der Waals surface area contributed by atoms with Gasteiger partial charge in [0.25, 0.3) is 5.56 Å². The van der Waals surface area contributed by atoms with Gasteiger partial charge in [-0.2, -0.15) is 5.10 Å². The van der Waals surface area contributed by atoms with Crippen molar-refractivity contribution in [2.45, 2.75) is 39.2 Å². The van der Waals surface area contributed by atoms with E-state index in [1.54, 1.807) is 16.8 Å². The molecule has 1 heterocycles. The monoisotopic (exact) mass is 360 g/mol. The summed E-state index contributed by atoms with van der Waals surface area (Å²) in [4.78, 5) is 13.2. The number of para-hydroxylation sites is 1. The lowest BCUT2D eigenvalue weighted by Gasteiger charge is -2.16. The summed E-state index contributed by atoms with van der Waals surface area (Å²) >= 11 is 0. The van der Waals surface area contributed by atoms with E-state index in [-0.39, 0.29) is 11.3 Å². The molecule has 3 aromatic rings. The topological polar surface area (TPSA) is 55.1 Å². The highest BCUT2D eigenvalue weighted by atomic mass is 16.3. The molecule has 1 saturated carbocycles. The van der Waals surface area contributed by atoms with Crippen LogP contribution in [0.25, 0.3) is 11.1 Å². The number of hydrogen-bond donors (Lipinski definition) is 1. The molecule has 1 aromatic heterocycles. The highest BCUT2D eigenvalue weighted by Gasteiger charge is 2.25. The van der Waals surface area contributed by atoms with E-state index in [0.717, 1.165) is 23.2 Å². The minimum atomic E-state index is -0.0262. The summed E-state index contributed by atoms with van der Waals surface area (Å²) in [5.74, 6) is 0.759. The third-order valence-electron chi connectivity index (χ3n) is 5.23. The van der Waals surface area contributed by atoms with Crippen LogP contribution in [0.4, 0.5) is 0 Å². The first-order chi connectivity index (χ1) is 13.1. The van der Waals surface area contributed by atoms with Gasteiger partial charge in [-0.3, -0.25) is 4.79 Å². The van der Waals surface area contributed by atoms with Gasteiger partial charge in [0.05, 0.1) is 5.69 Å². The fourth-order valence-corrected chi connectivity index (χ4v) is 3.61. The fraction of sp³-hybridized carbons (Fsp3) is 0.304. The second kappa shape index (κ2) is 7.39. The molecule has 0 spiro atoms. The van der Waals surface area contributed by atoms with Crippen molar-refractivity contribution in [2.24, 2.45) is 5.92 Å². The van der Waals surface area contributed by atoms with Crippen LogP contribution in [-0.2, 0) is 19.4 Å². The first-order valence-electron chi connectivity index (χ1n) is 9.56. The number of phenols is 1. The van der Waals surface area contributed by atoms with E-state index >= 15 is 0 Å². The molecule has 0 saturated heterocycles. The number of hydrogen-bond acceptors (Lipinski definition) is 3. The maximum absolute atomic E-state index is 13.2. The van der Waals surface area contributed by atoms with E-state index in [2.05, 4.69) is 17.2 Å². The summed E-state index contributed by atoms with van der Waals surface area (Å²) in [7, 11) is 0. The van der Waals surface area contributed by atoms with Crippen LogP contribution in [0, 0.1) is 12.8 Å². The number of aromatic nitrogens is 2. The molecule has 0 amide bonds. The minimum absolute atomic E-state index is 0.0262. The van der Waals surface area contributed by atoms with E-state index in [0.29, 0.717) is 24.4 Å². The normalized spacial score (nSPS) is 13.7. The molecule has 0 bridgehead atoms. The van der Waals surface area contributed by atoms with Crippen molar-refractivity contribution in [2.75, 3.05) is 0 Å². The molecule has 4 rings (SSSR count). The number of aromatic hydroxyl groups is 1. The van der Waals surface area contributed by atoms with Crippen molar-refractivity contribution >= 4 is 0 Å². The van der Waals surface area contributed by atoms with Crippen LogP contribution in [0.15, 0.2) is 59.4 Å². The lowest BCUT2D eigenvalue weighted by molar-refractivity contribution is 0.476. The Labute approximate surface area is 159 Å². The number of rotatable bonds is 6. The van der Waals surface area contributed by atoms with Crippen LogP contribution in [0.3, 0.4) is 0 Å². The molecule has 1 fully saturated rings. The van der Waals surface area contributed by atoms with Gasteiger partial charge in [0.15, 0.2) is 0 Å². The average molecular weight is 360 g/mol. The zero-order valence-corrected chi connectivity index (χ0v) is 15.6. The van der Waals surface area contributed by atoms with Crippen LogP contribution in [-0.4, -0.2) is 14.9 Å². The molecule has 2 aromatic carbocycles. The lowest BCUT2D eigenvalue weighted by atomic mass is 9.94. The highest BCUT2D eigenvalue weighted by Crippen LogP contribution is 2.33. The number of benzene rings is 2. The quantitative estimate of drug-likeness (QED) is 0.719. The Hall–Kier alpha value is -2.88. The van der Waals surface area contributed by atoms with E-state index in [9.17, 15) is 9.90 Å². The van der Waals surface area contributed by atoms with Crippen molar-refractivity contribution < 1.29 is 5.11 Å². The molecule has 0 atom stereocenters. The third-order valence-corrected chi connectivity index (χ3v) is 5.23. The van der Waals surface area contributed by atoms with E-state index in [1.165, 1.54) is 18.4 Å². The van der Waals surface area contributed by atoms with Crippen LogP contribution in [0.1, 0.15) is 29.7 Å². The van der Waals surface area contributed by atoms with Gasteiger partial charge in [-0.05, 0) is 50.2 Å². The summed E-state index contributed by atoms with van der Waals surface area (Å²) < 4.78 is 1.64. The average Bonchev–Trinajstić information content (AvgIpc) is 3.49. The van der Waals surface area contributed by atoms with E-state index < -0.39 is 0 Å². The second-order valence-corrected chi connectivity index (χ2v) is 7.37. The number of aryl methyl sites for hydroxylation is 2. The Kier molecular flexibility index (Phi) is 4.80. The predicted octanol–water partition coefficient (Wildman–Crippen LogP) is 4.12. The Balaban J connectivity index is 1.80. The SMILES string of the molecule is Cc1nn(CC2CC2)c(=O)c(CCc2ccccc2)c1-c1ccccc1O. The largest absolute Gasteiger partial charge is 0.507 e. The van der Waals surface area contributed by atoms with Gasteiger partial charge in [0.2, 0.25) is 0 Å². The summed E-state index contributed by atoms with van der Waals surface area (Å²) in [5, 5.41) is 15.0. The van der Waals surface area contributed by atoms with Gasteiger partial charge in [0, 0.05) is 23.2 Å². The molecule has 1 aliphatic carbocycles. The van der Waals surface area contributed by atoms with Crippen LogP contribution in [0.5, 0.6) is 5.75 Å². The van der Waals surface area contributed by atoms with Crippen molar-refractivity contribution in [1.82, 2.24) is 9.78 Å². The summed E-state index contributed by atoms with van der Waals surface area (Å²) in [6.45, 7) is 2.62. The smallest absolute Gasteiger partial charge is 0.270 e. The molecule has 138 valence electrons. The predicted molar refractivity (Wildman–Crippen MR) is 107 cm³/mol. The first-order valence-corrected chi connectivity index (χ1v) is 9.56. The highest BCUT2D eigenvalue weighted by molar-refractivity contribution is 5.74. The second-order valence-electron chi connectivity index (χ2n) is 7.37. The van der Waals surface area contributed by atoms with Crippen molar-refractivity contribution in [3.63, 3.8) is 0 Å². The van der Waals surface area contributed by atoms with Gasteiger partial charge in [-0.15, -0.1) is 0 Å². The number of nitrogens with zero attached hydrogens (tertiary/aromatic N) is 2. The Morgan fingerprint density at radius 1 is 1.04 bits per heavy atom. The molecule has 1 N–H and O–H groups in total. The van der Waals surface area contributed by atoms with Gasteiger partial charge in [-0.1, -0.05) is 48.5 Å². The van der Waals surface area contributed by atoms with Crippen LogP contribution < -0.4 is 5.56 Å². The molecule has 1 aliphatic rings. The Morgan fingerprint density at radius 3 is 2.44 bits per heavy atom. The standard InChI is InChI=1S/C23H24N2O2/c1-16-22(19-9-5-6-10-21(19)26)20(14-13-17-7-3-2-4-8-17)23(27)25(24-16)15-18-11-12-18/h2-10,18,26H,11-15H2,1H3. The molecule has 0 unspecified atom stereocenters. The molecule has 27 heavy (non-hydrogen) atoms. The van der Waals surface area contributed by atoms with Crippen molar-refractivity contribution in [3.05, 3.63) is 81.8 Å². The first kappa shape index (κ1) is 17.5. The van der Waals surface area contributed by atoms with Gasteiger partial charge in [-0.25, -0.2) is 4.68 Å². The Bertz CT molecular complexity index is 1000. The van der Waals surface area contributed by atoms with Crippen molar-refractivity contribution in [1.29, 1.82) is 0 Å². The molecular formula is C23H24N2O2. The maximum Gasteiger partial charge on any atom is 0.270 e. The van der Waals surface area contributed by atoms with Gasteiger partial charge in [0.1, 0.15) is 5.75 Å². The fourth-order valence-electron chi connectivity index (χ4n) is 3.61. The molecule has 4 heteroatoms. The zero-order valence-electron chi connectivity index (χ0n) is 15.6. The summed E-state index contributed by atoms with van der Waals surface area (Å²) in [5.41, 5.74) is 4.17. The summed E-state index contributed by atoms with van der Waals surface area (Å²) in [6.07, 6.45) is 3.76. The van der Waals surface area contributed by atoms with E-state index in [1.807, 2.05) is 37.3 Å². The molecular weight excluding hydrogens is 336 g/mol. The van der Waals surface area contributed by atoms with Gasteiger partial charge < -0.3 is 5.11 Å². The Morgan fingerprint density at radius 2 is 1.74 bits per heavy atom. The molecule has 4 nitrogen and oxygen atoms in total. The van der Waals surface area contributed by atoms with Crippen LogP contribution in [0.2, 0.25) is 0 Å². The molecule has 0 aliphatic heterocycles. The maximum atomic E-state index is 13.2. The number of phenolic OH excluding ortho intramolecular Hbond substituents is 1. The molecule has 0 radical (unpaired) electrons. The van der Waals surface area contributed by atoms with Gasteiger partial charge >= 0.3 is 0 Å². The minimum Gasteiger partial charge on any atom is -0.507 e. The zero-order chi connectivity index (χ0) is 18.8. The third kappa shape index (κ3) is 3.80. The van der Waals surface area contributed by atoms with Crippen molar-refractivity contribution in [3.8, 4) is 16.9 Å². The van der Waals surface area contributed by atoms with E-state index in [4.69, 9.17) is 0 Å². The lowest BCUT2D eigenvalue weighted by Crippen LogP contribution is -2.29.